The van der Waals surface area contributed by atoms with E-state index in [9.17, 15) is 0 Å². The SMILES string of the molecule is CNC(CCN(C)C)Cc1ccccc1C. The number of hydrogen-bond donors (Lipinski definition) is 1. The summed E-state index contributed by atoms with van der Waals surface area (Å²) in [7, 11) is 6.31. The largest absolute Gasteiger partial charge is 0.317 e. The smallest absolute Gasteiger partial charge is 0.0117 e. The van der Waals surface area contributed by atoms with Crippen LogP contribution in [-0.2, 0) is 6.42 Å². The molecule has 0 saturated carbocycles. The number of nitrogens with zero attached hydrogens (tertiary/aromatic N) is 1. The van der Waals surface area contributed by atoms with Crippen molar-refractivity contribution in [1.29, 1.82) is 0 Å². The van der Waals surface area contributed by atoms with Gasteiger partial charge in [0.15, 0.2) is 0 Å². The summed E-state index contributed by atoms with van der Waals surface area (Å²) < 4.78 is 0. The molecule has 1 atom stereocenters. The van der Waals surface area contributed by atoms with E-state index in [0.717, 1.165) is 13.0 Å². The van der Waals surface area contributed by atoms with Crippen LogP contribution in [0.15, 0.2) is 24.3 Å². The van der Waals surface area contributed by atoms with Crippen molar-refractivity contribution in [3.05, 3.63) is 35.4 Å². The highest BCUT2D eigenvalue weighted by molar-refractivity contribution is 5.26. The zero-order valence-electron chi connectivity index (χ0n) is 11.0. The summed E-state index contributed by atoms with van der Waals surface area (Å²) in [5.74, 6) is 0. The highest BCUT2D eigenvalue weighted by Gasteiger charge is 2.08. The molecule has 0 saturated heterocycles. The molecule has 2 nitrogen and oxygen atoms in total. The first-order chi connectivity index (χ1) is 7.63. The predicted molar refractivity (Wildman–Crippen MR) is 70.9 cm³/mol. The Bertz CT molecular complexity index is 307. The number of hydrogen-bond acceptors (Lipinski definition) is 2. The Morgan fingerprint density at radius 2 is 1.94 bits per heavy atom. The molecule has 0 aliphatic carbocycles. The molecule has 1 N–H and O–H groups in total. The Hall–Kier alpha value is -0.860. The first-order valence-electron chi connectivity index (χ1n) is 6.00. The predicted octanol–water partition coefficient (Wildman–Crippen LogP) is 2.08. The number of benzene rings is 1. The monoisotopic (exact) mass is 220 g/mol. The van der Waals surface area contributed by atoms with Crippen LogP contribution in [0.5, 0.6) is 0 Å². The molecule has 1 aromatic rings. The van der Waals surface area contributed by atoms with E-state index >= 15 is 0 Å². The van der Waals surface area contributed by atoms with Gasteiger partial charge in [0.05, 0.1) is 0 Å². The fourth-order valence-corrected chi connectivity index (χ4v) is 1.87. The summed E-state index contributed by atoms with van der Waals surface area (Å²) in [6.07, 6.45) is 2.31. The molecule has 0 bridgehead atoms. The summed E-state index contributed by atoms with van der Waals surface area (Å²) in [6, 6.07) is 9.22. The molecule has 0 heterocycles. The molecule has 1 rings (SSSR count). The van der Waals surface area contributed by atoms with Crippen molar-refractivity contribution in [2.75, 3.05) is 27.7 Å². The van der Waals surface area contributed by atoms with Crippen LogP contribution in [0.25, 0.3) is 0 Å². The topological polar surface area (TPSA) is 15.3 Å². The summed E-state index contributed by atoms with van der Waals surface area (Å²) in [6.45, 7) is 3.32. The number of likely N-dealkylation sites (N-methyl/N-ethyl adjacent to an activating group) is 1. The van der Waals surface area contributed by atoms with Gasteiger partial charge in [-0.05, 0) is 58.6 Å². The third kappa shape index (κ3) is 4.33. The lowest BCUT2D eigenvalue weighted by Gasteiger charge is -2.19. The maximum atomic E-state index is 3.41. The minimum absolute atomic E-state index is 0.573. The molecule has 0 spiro atoms. The summed E-state index contributed by atoms with van der Waals surface area (Å²) in [5.41, 5.74) is 2.85. The summed E-state index contributed by atoms with van der Waals surface area (Å²) in [5, 5.41) is 3.41. The van der Waals surface area contributed by atoms with E-state index in [-0.39, 0.29) is 0 Å². The van der Waals surface area contributed by atoms with Gasteiger partial charge in [-0.3, -0.25) is 0 Å². The fraction of sp³-hybridized carbons (Fsp3) is 0.571. The van der Waals surface area contributed by atoms with Gasteiger partial charge in [-0.25, -0.2) is 0 Å². The first kappa shape index (κ1) is 13.2. The van der Waals surface area contributed by atoms with Crippen LogP contribution in [0, 0.1) is 6.92 Å². The van der Waals surface area contributed by atoms with E-state index in [1.54, 1.807) is 0 Å². The highest BCUT2D eigenvalue weighted by Crippen LogP contribution is 2.11. The van der Waals surface area contributed by atoms with E-state index in [1.807, 2.05) is 0 Å². The highest BCUT2D eigenvalue weighted by atomic mass is 15.1. The van der Waals surface area contributed by atoms with Crippen LogP contribution in [0.3, 0.4) is 0 Å². The Kier molecular flexibility index (Phi) is 5.50. The molecule has 0 radical (unpaired) electrons. The van der Waals surface area contributed by atoms with Gasteiger partial charge in [-0.1, -0.05) is 24.3 Å². The van der Waals surface area contributed by atoms with Gasteiger partial charge in [0.1, 0.15) is 0 Å². The maximum absolute atomic E-state index is 3.41. The fourth-order valence-electron chi connectivity index (χ4n) is 1.87. The van der Waals surface area contributed by atoms with Crippen molar-refractivity contribution in [2.45, 2.75) is 25.8 Å². The number of nitrogens with one attached hydrogen (secondary N) is 1. The van der Waals surface area contributed by atoms with Crippen molar-refractivity contribution < 1.29 is 0 Å². The molecular weight excluding hydrogens is 196 g/mol. The molecule has 1 aromatic carbocycles. The van der Waals surface area contributed by atoms with Crippen LogP contribution < -0.4 is 5.32 Å². The van der Waals surface area contributed by atoms with Crippen LogP contribution in [-0.4, -0.2) is 38.6 Å². The average Bonchev–Trinajstić information content (AvgIpc) is 2.26. The van der Waals surface area contributed by atoms with Crippen LogP contribution >= 0.6 is 0 Å². The van der Waals surface area contributed by atoms with Crippen molar-refractivity contribution in [3.63, 3.8) is 0 Å². The Morgan fingerprint density at radius 1 is 1.25 bits per heavy atom. The van der Waals surface area contributed by atoms with Gasteiger partial charge in [-0.2, -0.15) is 0 Å². The van der Waals surface area contributed by atoms with Crippen molar-refractivity contribution in [2.24, 2.45) is 0 Å². The van der Waals surface area contributed by atoms with E-state index in [0.29, 0.717) is 6.04 Å². The molecule has 0 aromatic heterocycles. The molecule has 2 heteroatoms. The summed E-state index contributed by atoms with van der Waals surface area (Å²) in [4.78, 5) is 2.24. The Morgan fingerprint density at radius 3 is 2.50 bits per heavy atom. The third-order valence-corrected chi connectivity index (χ3v) is 3.06. The second-order valence-electron chi connectivity index (χ2n) is 4.71. The van der Waals surface area contributed by atoms with Crippen molar-refractivity contribution in [1.82, 2.24) is 10.2 Å². The molecule has 0 aliphatic heterocycles. The van der Waals surface area contributed by atoms with Gasteiger partial charge in [-0.15, -0.1) is 0 Å². The van der Waals surface area contributed by atoms with Gasteiger partial charge in [0.2, 0.25) is 0 Å². The lowest BCUT2D eigenvalue weighted by molar-refractivity contribution is 0.364. The number of rotatable bonds is 6. The van der Waals surface area contributed by atoms with E-state index in [4.69, 9.17) is 0 Å². The van der Waals surface area contributed by atoms with Gasteiger partial charge in [0, 0.05) is 6.04 Å². The zero-order chi connectivity index (χ0) is 12.0. The van der Waals surface area contributed by atoms with Crippen molar-refractivity contribution >= 4 is 0 Å². The lowest BCUT2D eigenvalue weighted by atomic mass is 9.99. The zero-order valence-corrected chi connectivity index (χ0v) is 11.0. The lowest BCUT2D eigenvalue weighted by Crippen LogP contribution is -2.31. The van der Waals surface area contributed by atoms with Gasteiger partial charge in [0.25, 0.3) is 0 Å². The average molecular weight is 220 g/mol. The molecule has 1 unspecified atom stereocenters. The molecule has 0 fully saturated rings. The van der Waals surface area contributed by atoms with Crippen LogP contribution in [0.2, 0.25) is 0 Å². The molecule has 0 aliphatic rings. The van der Waals surface area contributed by atoms with Crippen molar-refractivity contribution in [3.8, 4) is 0 Å². The second-order valence-corrected chi connectivity index (χ2v) is 4.71. The standard InChI is InChI=1S/C14H24N2/c1-12-7-5-6-8-13(12)11-14(15-2)9-10-16(3)4/h5-8,14-15H,9-11H2,1-4H3. The van der Waals surface area contributed by atoms with E-state index in [2.05, 4.69) is 62.5 Å². The van der Waals surface area contributed by atoms with Gasteiger partial charge >= 0.3 is 0 Å². The molecule has 0 amide bonds. The first-order valence-corrected chi connectivity index (χ1v) is 6.00. The quantitative estimate of drug-likeness (QED) is 0.789. The second kappa shape index (κ2) is 6.66. The van der Waals surface area contributed by atoms with Crippen LogP contribution in [0.4, 0.5) is 0 Å². The molecular formula is C14H24N2. The molecule has 90 valence electrons. The minimum Gasteiger partial charge on any atom is -0.317 e. The molecule has 16 heavy (non-hydrogen) atoms. The Labute approximate surface area is 99.7 Å². The van der Waals surface area contributed by atoms with E-state index < -0.39 is 0 Å². The van der Waals surface area contributed by atoms with Crippen LogP contribution in [0.1, 0.15) is 17.5 Å². The normalized spacial score (nSPS) is 13.1. The van der Waals surface area contributed by atoms with Gasteiger partial charge < -0.3 is 10.2 Å². The van der Waals surface area contributed by atoms with E-state index in [1.165, 1.54) is 17.5 Å². The Balaban J connectivity index is 2.53. The third-order valence-electron chi connectivity index (χ3n) is 3.06. The number of aryl methyl sites for hydroxylation is 1. The minimum atomic E-state index is 0.573. The summed E-state index contributed by atoms with van der Waals surface area (Å²) >= 11 is 0. The maximum Gasteiger partial charge on any atom is 0.0117 e.